The Balaban J connectivity index is 1.45. The van der Waals surface area contributed by atoms with Gasteiger partial charge in [0, 0.05) is 18.3 Å². The number of carbonyl (C=O) groups excluding carboxylic acids is 2. The highest BCUT2D eigenvalue weighted by molar-refractivity contribution is 6.02. The fraction of sp³-hybridized carbons (Fsp3) is 0.259. The number of esters is 2. The molecule has 0 amide bonds. The fourth-order valence-corrected chi connectivity index (χ4v) is 4.25. The van der Waals surface area contributed by atoms with Crippen molar-refractivity contribution >= 4 is 23.0 Å². The van der Waals surface area contributed by atoms with Crippen LogP contribution in [0.25, 0.3) is 28.2 Å². The molecule has 0 spiro atoms. The molecule has 39 heavy (non-hydrogen) atoms. The van der Waals surface area contributed by atoms with Crippen LogP contribution in [0.2, 0.25) is 0 Å². The minimum Gasteiger partial charge on any atom is -0.465 e. The second-order valence-corrected chi connectivity index (χ2v) is 8.70. The van der Waals surface area contributed by atoms with Gasteiger partial charge in [0.2, 0.25) is 6.79 Å². The molecule has 0 atom stereocenters. The van der Waals surface area contributed by atoms with Crippen molar-refractivity contribution in [3.8, 4) is 23.2 Å². The number of H-pyrrole nitrogens is 1. The molecule has 3 heterocycles. The Bertz CT molecular complexity index is 1600. The number of carbonyl (C=O) groups is 2. The molecule has 3 aromatic heterocycles. The van der Waals surface area contributed by atoms with Gasteiger partial charge in [-0.2, -0.15) is 4.98 Å². The second kappa shape index (κ2) is 11.2. The van der Waals surface area contributed by atoms with Crippen molar-refractivity contribution in [1.29, 1.82) is 0 Å². The van der Waals surface area contributed by atoms with Crippen LogP contribution in [0.1, 0.15) is 41.8 Å². The number of nitrogens with one attached hydrogen (secondary N) is 1. The topological polar surface area (TPSA) is 139 Å². The van der Waals surface area contributed by atoms with E-state index >= 15 is 0 Å². The lowest BCUT2D eigenvalue weighted by Crippen LogP contribution is -2.14. The van der Waals surface area contributed by atoms with E-state index in [4.69, 9.17) is 14.2 Å². The van der Waals surface area contributed by atoms with E-state index in [-0.39, 0.29) is 6.42 Å². The number of fused-ring (bicyclic) bond motifs is 1. The number of benzene rings is 2. The third-order valence-electron chi connectivity index (χ3n) is 6.02. The minimum atomic E-state index is -0.624. The van der Waals surface area contributed by atoms with E-state index in [1.54, 1.807) is 25.1 Å². The van der Waals surface area contributed by atoms with E-state index in [0.29, 0.717) is 41.6 Å². The molecule has 0 fully saturated rings. The smallest absolute Gasteiger partial charge is 0.343 e. The summed E-state index contributed by atoms with van der Waals surface area (Å²) in [6, 6.07) is 15.6. The fourth-order valence-electron chi connectivity index (χ4n) is 4.25. The third kappa shape index (κ3) is 5.35. The summed E-state index contributed by atoms with van der Waals surface area (Å²) in [5.41, 5.74) is 5.26. The Kier molecular flexibility index (Phi) is 7.34. The van der Waals surface area contributed by atoms with Crippen molar-refractivity contribution in [2.45, 2.75) is 33.7 Å². The molecule has 200 valence electrons. The van der Waals surface area contributed by atoms with Gasteiger partial charge in [-0.05, 0) is 65.7 Å². The first-order valence-electron chi connectivity index (χ1n) is 12.5. The average molecular weight is 530 g/mol. The van der Waals surface area contributed by atoms with Gasteiger partial charge in [0.05, 0.1) is 35.4 Å². The lowest BCUT2D eigenvalue weighted by atomic mass is 10.1. The van der Waals surface area contributed by atoms with Crippen molar-refractivity contribution in [3.63, 3.8) is 0 Å². The van der Waals surface area contributed by atoms with E-state index in [1.165, 1.54) is 0 Å². The highest BCUT2D eigenvalue weighted by atomic mass is 16.7. The third-order valence-corrected chi connectivity index (χ3v) is 6.02. The Morgan fingerprint density at radius 2 is 1.87 bits per heavy atom. The average Bonchev–Trinajstić information content (AvgIpc) is 3.68. The van der Waals surface area contributed by atoms with Crippen molar-refractivity contribution in [1.82, 2.24) is 34.7 Å². The molecule has 2 aromatic carbocycles. The van der Waals surface area contributed by atoms with Gasteiger partial charge in [-0.1, -0.05) is 25.1 Å². The number of rotatable bonds is 10. The predicted octanol–water partition coefficient (Wildman–Crippen LogP) is 3.83. The standard InChI is InChI=1S/C27H27N7O5/c1-4-23(35)38-16-39-26(36)20-7-6-8-21-24(20)34(27(28-21)37-5-2)15-18-9-11-19(12-10-18)33-14-17(3)13-22(33)25-29-31-32-30-25/h6-14H,4-5,15-16H2,1-3H3,(H,29,30,31,32). The molecule has 1 N–H and O–H groups in total. The zero-order valence-corrected chi connectivity index (χ0v) is 21.7. The number of aromatic nitrogens is 7. The molecule has 0 aliphatic carbocycles. The number of aryl methyl sites for hydroxylation is 1. The number of hydrogen-bond donors (Lipinski definition) is 1. The van der Waals surface area contributed by atoms with Crippen molar-refractivity contribution in [2.75, 3.05) is 13.4 Å². The molecule has 0 saturated carbocycles. The summed E-state index contributed by atoms with van der Waals surface area (Å²) in [7, 11) is 0. The quantitative estimate of drug-likeness (QED) is 0.211. The van der Waals surface area contributed by atoms with Crippen LogP contribution in [0, 0.1) is 6.92 Å². The Hall–Kier alpha value is -5.00. The SMILES string of the molecule is CCOc1nc2cccc(C(=O)OCOC(=O)CC)c2n1Cc1ccc(-n2cc(C)cc2-c2nnn[nH]2)cc1. The number of aromatic amines is 1. The number of ether oxygens (including phenoxy) is 3. The maximum Gasteiger partial charge on any atom is 0.343 e. The van der Waals surface area contributed by atoms with E-state index in [9.17, 15) is 9.59 Å². The summed E-state index contributed by atoms with van der Waals surface area (Å²) in [5, 5.41) is 14.2. The molecule has 0 unspecified atom stereocenters. The van der Waals surface area contributed by atoms with Gasteiger partial charge < -0.3 is 18.8 Å². The van der Waals surface area contributed by atoms with E-state index < -0.39 is 18.7 Å². The predicted molar refractivity (Wildman–Crippen MR) is 140 cm³/mol. The van der Waals surface area contributed by atoms with Gasteiger partial charge in [0.25, 0.3) is 6.01 Å². The number of para-hydroxylation sites is 1. The number of nitrogens with zero attached hydrogens (tertiary/aromatic N) is 6. The number of hydrogen-bond acceptors (Lipinski definition) is 9. The molecule has 5 rings (SSSR count). The van der Waals surface area contributed by atoms with Crippen LogP contribution < -0.4 is 4.74 Å². The van der Waals surface area contributed by atoms with E-state index in [0.717, 1.165) is 22.5 Å². The van der Waals surface area contributed by atoms with Gasteiger partial charge in [0.1, 0.15) is 0 Å². The van der Waals surface area contributed by atoms with Gasteiger partial charge >= 0.3 is 11.9 Å². The second-order valence-electron chi connectivity index (χ2n) is 8.70. The summed E-state index contributed by atoms with van der Waals surface area (Å²) in [6.07, 6.45) is 2.21. The molecular formula is C27H27N7O5. The molecular weight excluding hydrogens is 502 g/mol. The highest BCUT2D eigenvalue weighted by Crippen LogP contribution is 2.28. The summed E-state index contributed by atoms with van der Waals surface area (Å²) < 4.78 is 19.8. The van der Waals surface area contributed by atoms with Gasteiger partial charge in [-0.25, -0.2) is 9.89 Å². The molecule has 0 aliphatic rings. The first-order valence-corrected chi connectivity index (χ1v) is 12.5. The summed E-state index contributed by atoms with van der Waals surface area (Å²) in [4.78, 5) is 28.9. The Labute approximate surface area is 223 Å². The number of tetrazole rings is 1. The van der Waals surface area contributed by atoms with Crippen molar-refractivity contribution in [2.24, 2.45) is 0 Å². The van der Waals surface area contributed by atoms with Crippen LogP contribution in [0.3, 0.4) is 0 Å². The minimum absolute atomic E-state index is 0.193. The largest absolute Gasteiger partial charge is 0.465 e. The molecule has 0 aliphatic heterocycles. The van der Waals surface area contributed by atoms with E-state index in [2.05, 4.69) is 25.6 Å². The van der Waals surface area contributed by atoms with Gasteiger partial charge in [-0.15, -0.1) is 5.10 Å². The van der Waals surface area contributed by atoms with Crippen LogP contribution in [0.15, 0.2) is 54.7 Å². The lowest BCUT2D eigenvalue weighted by Gasteiger charge is -2.13. The summed E-state index contributed by atoms with van der Waals surface area (Å²) in [6.45, 7) is 5.88. The van der Waals surface area contributed by atoms with Crippen molar-refractivity contribution < 1.29 is 23.8 Å². The van der Waals surface area contributed by atoms with Crippen LogP contribution in [0.5, 0.6) is 6.01 Å². The first-order chi connectivity index (χ1) is 19.0. The summed E-state index contributed by atoms with van der Waals surface area (Å²) >= 11 is 0. The van der Waals surface area contributed by atoms with Crippen LogP contribution in [-0.2, 0) is 20.8 Å². The number of imidazole rings is 1. The molecule has 12 nitrogen and oxygen atoms in total. The van der Waals surface area contributed by atoms with Gasteiger partial charge in [-0.3, -0.25) is 9.36 Å². The van der Waals surface area contributed by atoms with Crippen LogP contribution in [0.4, 0.5) is 0 Å². The zero-order chi connectivity index (χ0) is 27.4. The molecule has 0 radical (unpaired) electrons. The normalized spacial score (nSPS) is 11.1. The summed E-state index contributed by atoms with van der Waals surface area (Å²) in [5.74, 6) is -0.503. The lowest BCUT2D eigenvalue weighted by molar-refractivity contribution is -0.151. The highest BCUT2D eigenvalue weighted by Gasteiger charge is 2.21. The van der Waals surface area contributed by atoms with E-state index in [1.807, 2.05) is 59.5 Å². The maximum absolute atomic E-state index is 12.9. The Morgan fingerprint density at radius 3 is 2.59 bits per heavy atom. The molecule has 5 aromatic rings. The molecule has 0 saturated heterocycles. The van der Waals surface area contributed by atoms with Crippen molar-refractivity contribution in [3.05, 3.63) is 71.4 Å². The molecule has 0 bridgehead atoms. The zero-order valence-electron chi connectivity index (χ0n) is 21.7. The first kappa shape index (κ1) is 25.6. The van der Waals surface area contributed by atoms with Crippen LogP contribution in [-0.4, -0.2) is 60.1 Å². The van der Waals surface area contributed by atoms with Crippen LogP contribution >= 0.6 is 0 Å². The molecule has 12 heteroatoms. The Morgan fingerprint density at radius 1 is 1.05 bits per heavy atom. The monoisotopic (exact) mass is 529 g/mol. The van der Waals surface area contributed by atoms with Gasteiger partial charge in [0.15, 0.2) is 5.82 Å². The maximum atomic E-state index is 12.9.